The van der Waals surface area contributed by atoms with E-state index in [1.807, 2.05) is 44.2 Å². The van der Waals surface area contributed by atoms with Crippen LogP contribution in [0.2, 0.25) is 5.02 Å². The van der Waals surface area contributed by atoms with E-state index in [2.05, 4.69) is 10.3 Å². The Balaban J connectivity index is 2.09. The molecular weight excluding hydrogens is 298 g/mol. The van der Waals surface area contributed by atoms with Gasteiger partial charge in [-0.3, -0.25) is 9.78 Å². The van der Waals surface area contributed by atoms with Gasteiger partial charge >= 0.3 is 0 Å². The lowest BCUT2D eigenvalue weighted by molar-refractivity contribution is 0.0772. The molecule has 0 radical (unpaired) electrons. The summed E-state index contributed by atoms with van der Waals surface area (Å²) in [6.07, 6.45) is 3.30. The van der Waals surface area contributed by atoms with Gasteiger partial charge in [0.2, 0.25) is 0 Å². The van der Waals surface area contributed by atoms with E-state index in [1.54, 1.807) is 17.3 Å². The first-order chi connectivity index (χ1) is 10.7. The van der Waals surface area contributed by atoms with Crippen molar-refractivity contribution in [2.24, 2.45) is 0 Å². The predicted octanol–water partition coefficient (Wildman–Crippen LogP) is 3.83. The van der Waals surface area contributed by atoms with Gasteiger partial charge < -0.3 is 10.2 Å². The number of amides is 1. The zero-order valence-corrected chi connectivity index (χ0v) is 13.6. The number of nitrogens with zero attached hydrogens (tertiary/aromatic N) is 2. The molecule has 1 N–H and O–H groups in total. The SMILES string of the molecule is CCN(CC)C(=O)c1cncc(NCc2ccccc2Cl)c1. The Morgan fingerprint density at radius 2 is 1.95 bits per heavy atom. The molecular formula is C17H20ClN3O. The normalized spacial score (nSPS) is 10.3. The van der Waals surface area contributed by atoms with Crippen LogP contribution in [-0.2, 0) is 6.54 Å². The molecule has 116 valence electrons. The lowest BCUT2D eigenvalue weighted by Gasteiger charge is -2.18. The van der Waals surface area contributed by atoms with E-state index in [4.69, 9.17) is 11.6 Å². The zero-order chi connectivity index (χ0) is 15.9. The van der Waals surface area contributed by atoms with Crippen molar-refractivity contribution < 1.29 is 4.79 Å². The molecule has 0 spiro atoms. The highest BCUT2D eigenvalue weighted by molar-refractivity contribution is 6.31. The van der Waals surface area contributed by atoms with Crippen molar-refractivity contribution in [1.29, 1.82) is 0 Å². The third kappa shape index (κ3) is 3.98. The highest BCUT2D eigenvalue weighted by Crippen LogP contribution is 2.17. The number of anilines is 1. The minimum atomic E-state index is -0.00102. The van der Waals surface area contributed by atoms with Gasteiger partial charge in [-0.25, -0.2) is 0 Å². The van der Waals surface area contributed by atoms with Gasteiger partial charge in [0.15, 0.2) is 0 Å². The fourth-order valence-corrected chi connectivity index (χ4v) is 2.39. The van der Waals surface area contributed by atoms with E-state index in [0.29, 0.717) is 25.2 Å². The van der Waals surface area contributed by atoms with E-state index >= 15 is 0 Å². The van der Waals surface area contributed by atoms with Crippen LogP contribution < -0.4 is 5.32 Å². The Bertz CT molecular complexity index is 641. The van der Waals surface area contributed by atoms with Crippen LogP contribution in [0.25, 0.3) is 0 Å². The van der Waals surface area contributed by atoms with Crippen LogP contribution in [-0.4, -0.2) is 28.9 Å². The maximum Gasteiger partial charge on any atom is 0.255 e. The van der Waals surface area contributed by atoms with E-state index in [0.717, 1.165) is 16.3 Å². The van der Waals surface area contributed by atoms with Gasteiger partial charge in [-0.1, -0.05) is 29.8 Å². The second-order valence-corrected chi connectivity index (χ2v) is 5.29. The highest BCUT2D eigenvalue weighted by atomic mass is 35.5. The monoisotopic (exact) mass is 317 g/mol. The number of hydrogen-bond donors (Lipinski definition) is 1. The molecule has 2 rings (SSSR count). The first-order valence-electron chi connectivity index (χ1n) is 7.37. The molecule has 1 amide bonds. The van der Waals surface area contributed by atoms with Crippen LogP contribution in [0.5, 0.6) is 0 Å². The molecule has 0 aliphatic heterocycles. The third-order valence-corrected chi connectivity index (χ3v) is 3.85. The van der Waals surface area contributed by atoms with Gasteiger partial charge in [0.05, 0.1) is 11.3 Å². The van der Waals surface area contributed by atoms with Gasteiger partial charge in [0, 0.05) is 37.1 Å². The van der Waals surface area contributed by atoms with Crippen molar-refractivity contribution in [1.82, 2.24) is 9.88 Å². The number of rotatable bonds is 6. The van der Waals surface area contributed by atoms with Crippen LogP contribution in [0.1, 0.15) is 29.8 Å². The first kappa shape index (κ1) is 16.3. The van der Waals surface area contributed by atoms with Gasteiger partial charge in [0.25, 0.3) is 5.91 Å². The average Bonchev–Trinajstić information content (AvgIpc) is 2.55. The van der Waals surface area contributed by atoms with Crippen molar-refractivity contribution >= 4 is 23.2 Å². The van der Waals surface area contributed by atoms with Crippen molar-refractivity contribution in [3.05, 3.63) is 58.9 Å². The minimum absolute atomic E-state index is 0.00102. The van der Waals surface area contributed by atoms with Crippen molar-refractivity contribution in [2.45, 2.75) is 20.4 Å². The summed E-state index contributed by atoms with van der Waals surface area (Å²) in [6, 6.07) is 9.49. The summed E-state index contributed by atoms with van der Waals surface area (Å²) in [4.78, 5) is 18.2. The summed E-state index contributed by atoms with van der Waals surface area (Å²) in [5, 5.41) is 3.97. The quantitative estimate of drug-likeness (QED) is 0.880. The largest absolute Gasteiger partial charge is 0.380 e. The summed E-state index contributed by atoms with van der Waals surface area (Å²) >= 11 is 6.13. The number of benzene rings is 1. The van der Waals surface area contributed by atoms with Crippen molar-refractivity contribution in [3.8, 4) is 0 Å². The summed E-state index contributed by atoms with van der Waals surface area (Å²) in [5.74, 6) is -0.00102. The molecule has 1 aromatic heterocycles. The van der Waals surface area contributed by atoms with Crippen LogP contribution in [0.4, 0.5) is 5.69 Å². The van der Waals surface area contributed by atoms with E-state index in [1.165, 1.54) is 0 Å². The molecule has 1 heterocycles. The molecule has 4 nitrogen and oxygen atoms in total. The van der Waals surface area contributed by atoms with Gasteiger partial charge in [-0.2, -0.15) is 0 Å². The van der Waals surface area contributed by atoms with Gasteiger partial charge in [-0.05, 0) is 31.5 Å². The predicted molar refractivity (Wildman–Crippen MR) is 90.3 cm³/mol. The number of pyridine rings is 1. The Labute approximate surface area is 136 Å². The first-order valence-corrected chi connectivity index (χ1v) is 7.75. The van der Waals surface area contributed by atoms with Crippen LogP contribution >= 0.6 is 11.6 Å². The summed E-state index contributed by atoms with van der Waals surface area (Å²) < 4.78 is 0. The second-order valence-electron chi connectivity index (χ2n) is 4.88. The molecule has 0 fully saturated rings. The molecule has 2 aromatic rings. The number of carbonyl (C=O) groups excluding carboxylic acids is 1. The Morgan fingerprint density at radius 1 is 1.23 bits per heavy atom. The van der Waals surface area contributed by atoms with E-state index in [9.17, 15) is 4.79 Å². The second kappa shape index (κ2) is 7.80. The maximum atomic E-state index is 12.3. The maximum absolute atomic E-state index is 12.3. The third-order valence-electron chi connectivity index (χ3n) is 3.48. The lowest BCUT2D eigenvalue weighted by Crippen LogP contribution is -2.30. The summed E-state index contributed by atoms with van der Waals surface area (Å²) in [7, 11) is 0. The number of halogens is 1. The molecule has 0 saturated carbocycles. The highest BCUT2D eigenvalue weighted by Gasteiger charge is 2.13. The number of aromatic nitrogens is 1. The fourth-order valence-electron chi connectivity index (χ4n) is 2.19. The van der Waals surface area contributed by atoms with E-state index in [-0.39, 0.29) is 5.91 Å². The Morgan fingerprint density at radius 3 is 2.64 bits per heavy atom. The minimum Gasteiger partial charge on any atom is -0.380 e. The van der Waals surface area contributed by atoms with Crippen molar-refractivity contribution in [3.63, 3.8) is 0 Å². The molecule has 1 aromatic carbocycles. The average molecular weight is 318 g/mol. The van der Waals surface area contributed by atoms with Crippen LogP contribution in [0, 0.1) is 0 Å². The van der Waals surface area contributed by atoms with Crippen LogP contribution in [0.3, 0.4) is 0 Å². The van der Waals surface area contributed by atoms with Crippen LogP contribution in [0.15, 0.2) is 42.7 Å². The molecule has 0 aliphatic rings. The number of hydrogen-bond acceptors (Lipinski definition) is 3. The van der Waals surface area contributed by atoms with E-state index < -0.39 is 0 Å². The summed E-state index contributed by atoms with van der Waals surface area (Å²) in [6.45, 7) is 5.89. The molecule has 0 bridgehead atoms. The van der Waals surface area contributed by atoms with Gasteiger partial charge in [-0.15, -0.1) is 0 Å². The van der Waals surface area contributed by atoms with Gasteiger partial charge in [0.1, 0.15) is 0 Å². The standard InChI is InChI=1S/C17H20ClN3O/c1-3-21(4-2)17(22)14-9-15(12-19-10-14)20-11-13-7-5-6-8-16(13)18/h5-10,12,20H,3-4,11H2,1-2H3. The molecule has 0 saturated heterocycles. The molecule has 0 atom stereocenters. The molecule has 0 aliphatic carbocycles. The number of carbonyl (C=O) groups is 1. The smallest absolute Gasteiger partial charge is 0.255 e. The Kier molecular flexibility index (Phi) is 5.78. The molecule has 5 heteroatoms. The van der Waals surface area contributed by atoms with Crippen molar-refractivity contribution in [2.75, 3.05) is 18.4 Å². The topological polar surface area (TPSA) is 45.2 Å². The molecule has 0 unspecified atom stereocenters. The zero-order valence-electron chi connectivity index (χ0n) is 12.8. The fraction of sp³-hybridized carbons (Fsp3) is 0.294. The number of nitrogens with one attached hydrogen (secondary N) is 1. The Hall–Kier alpha value is -2.07. The lowest BCUT2D eigenvalue weighted by atomic mass is 10.2. The molecule has 22 heavy (non-hydrogen) atoms. The summed E-state index contributed by atoms with van der Waals surface area (Å²) in [5.41, 5.74) is 2.40.